The zero-order chi connectivity index (χ0) is 23.2. The molecule has 0 aliphatic rings. The number of esters is 1. The fourth-order valence-electron chi connectivity index (χ4n) is 2.29. The first-order valence-electron chi connectivity index (χ1n) is 8.50. The predicted octanol–water partition coefficient (Wildman–Crippen LogP) is 5.42. The van der Waals surface area contributed by atoms with Crippen LogP contribution in [0.3, 0.4) is 0 Å². The number of rotatable bonds is 8. The highest BCUT2D eigenvalue weighted by atomic mass is 79.9. The number of hydrazone groups is 1. The van der Waals surface area contributed by atoms with E-state index < -0.39 is 35.4 Å². The van der Waals surface area contributed by atoms with Gasteiger partial charge in [-0.25, -0.2) is 9.18 Å². The van der Waals surface area contributed by atoms with Crippen molar-refractivity contribution in [3.8, 4) is 5.75 Å². The summed E-state index contributed by atoms with van der Waals surface area (Å²) in [5, 5.41) is 3.72. The van der Waals surface area contributed by atoms with Gasteiger partial charge in [0.25, 0.3) is 0 Å². The Kier molecular flexibility index (Phi) is 8.45. The summed E-state index contributed by atoms with van der Waals surface area (Å²) in [6.07, 6.45) is -3.22. The Morgan fingerprint density at radius 3 is 2.39 bits per heavy atom. The van der Waals surface area contributed by atoms with Crippen molar-refractivity contribution in [3.05, 3.63) is 52.3 Å². The minimum atomic E-state index is -4.85. The molecule has 0 saturated carbocycles. The second-order valence-corrected chi connectivity index (χ2v) is 7.42. The van der Waals surface area contributed by atoms with Gasteiger partial charge in [-0.05, 0) is 49.6 Å². The number of hydrogen-bond donors (Lipinski definition) is 1. The topological polar surface area (TPSA) is 77.0 Å². The Bertz CT molecular complexity index is 998. The van der Waals surface area contributed by atoms with Gasteiger partial charge in [-0.3, -0.25) is 10.2 Å². The molecule has 2 rings (SSSR count). The number of thioether (sulfide) groups is 1. The van der Waals surface area contributed by atoms with Crippen molar-refractivity contribution in [2.45, 2.75) is 18.2 Å². The molecule has 0 saturated heterocycles. The molecule has 0 spiro atoms. The van der Waals surface area contributed by atoms with Gasteiger partial charge in [0.05, 0.1) is 17.9 Å². The smallest absolute Gasteiger partial charge is 0.461 e. The molecular weight excluding hydrogens is 508 g/mol. The molecule has 0 amide bonds. The van der Waals surface area contributed by atoms with E-state index in [1.807, 2.05) is 0 Å². The van der Waals surface area contributed by atoms with E-state index in [-0.39, 0.29) is 22.8 Å². The predicted molar refractivity (Wildman–Crippen MR) is 111 cm³/mol. The summed E-state index contributed by atoms with van der Waals surface area (Å²) >= 11 is 4.22. The van der Waals surface area contributed by atoms with Gasteiger partial charge in [-0.2, -0.15) is 5.10 Å². The van der Waals surface area contributed by atoms with Crippen molar-refractivity contribution in [1.82, 2.24) is 0 Å². The summed E-state index contributed by atoms with van der Waals surface area (Å²) in [6, 6.07) is 6.98. The molecule has 1 N–H and O–H groups in total. The number of Topliss-reactive ketones (excluding diaryl/α,β-unsaturated/α-hetero) is 1. The SMILES string of the molecule is CCOC(=O)/C(=N/Nc1ccc(OC(F)(F)F)cc1)C(=O)c1c(F)cc(Br)cc1SC. The molecule has 31 heavy (non-hydrogen) atoms. The lowest BCUT2D eigenvalue weighted by molar-refractivity contribution is -0.274. The van der Waals surface area contributed by atoms with Crippen molar-refractivity contribution < 1.29 is 36.6 Å². The molecule has 12 heteroatoms. The molecule has 0 radical (unpaired) electrons. The van der Waals surface area contributed by atoms with Crippen molar-refractivity contribution >= 4 is 50.8 Å². The van der Waals surface area contributed by atoms with Gasteiger partial charge in [0.1, 0.15) is 11.6 Å². The lowest BCUT2D eigenvalue weighted by atomic mass is 10.1. The maximum Gasteiger partial charge on any atom is 0.573 e. The summed E-state index contributed by atoms with van der Waals surface area (Å²) in [5.74, 6) is -3.44. The summed E-state index contributed by atoms with van der Waals surface area (Å²) < 4.78 is 60.2. The minimum Gasteiger partial charge on any atom is -0.461 e. The van der Waals surface area contributed by atoms with Crippen molar-refractivity contribution in [2.75, 3.05) is 18.3 Å². The number of halogens is 5. The lowest BCUT2D eigenvalue weighted by Gasteiger charge is -2.11. The molecule has 0 bridgehead atoms. The van der Waals surface area contributed by atoms with Gasteiger partial charge in [-0.15, -0.1) is 24.9 Å². The van der Waals surface area contributed by atoms with Crippen LogP contribution in [0.5, 0.6) is 5.75 Å². The number of benzene rings is 2. The third-order valence-electron chi connectivity index (χ3n) is 3.53. The molecular formula is C19H15BrF4N2O4S. The normalized spacial score (nSPS) is 11.8. The monoisotopic (exact) mass is 522 g/mol. The first-order valence-corrected chi connectivity index (χ1v) is 10.5. The number of ketones is 1. The molecule has 0 aromatic heterocycles. The van der Waals surface area contributed by atoms with E-state index >= 15 is 0 Å². The van der Waals surface area contributed by atoms with Crippen LogP contribution in [0.2, 0.25) is 0 Å². The maximum atomic E-state index is 14.5. The molecule has 0 heterocycles. The zero-order valence-electron chi connectivity index (χ0n) is 16.0. The highest BCUT2D eigenvalue weighted by Crippen LogP contribution is 2.28. The van der Waals surface area contributed by atoms with E-state index in [4.69, 9.17) is 4.74 Å². The number of anilines is 1. The van der Waals surface area contributed by atoms with Crippen molar-refractivity contribution in [1.29, 1.82) is 0 Å². The second kappa shape index (κ2) is 10.6. The molecule has 6 nitrogen and oxygen atoms in total. The molecule has 0 atom stereocenters. The summed E-state index contributed by atoms with van der Waals surface area (Å²) in [6.45, 7) is 1.45. The highest BCUT2D eigenvalue weighted by Gasteiger charge is 2.31. The molecule has 0 fully saturated rings. The maximum absolute atomic E-state index is 14.5. The van der Waals surface area contributed by atoms with E-state index in [2.05, 4.69) is 31.2 Å². The number of hydrogen-bond acceptors (Lipinski definition) is 7. The Morgan fingerprint density at radius 2 is 1.84 bits per heavy atom. The number of ether oxygens (including phenoxy) is 2. The van der Waals surface area contributed by atoms with E-state index in [0.29, 0.717) is 4.47 Å². The minimum absolute atomic E-state index is 0.0627. The summed E-state index contributed by atoms with van der Waals surface area (Å²) in [5.41, 5.74) is 1.44. The van der Waals surface area contributed by atoms with E-state index in [1.165, 1.54) is 25.1 Å². The third kappa shape index (κ3) is 6.96. The van der Waals surface area contributed by atoms with Crippen LogP contribution < -0.4 is 10.2 Å². The molecule has 0 unspecified atom stereocenters. The van der Waals surface area contributed by atoms with Gasteiger partial charge < -0.3 is 9.47 Å². The first-order chi connectivity index (χ1) is 14.6. The Balaban J connectivity index is 2.36. The van der Waals surface area contributed by atoms with E-state index in [0.717, 1.165) is 30.0 Å². The van der Waals surface area contributed by atoms with Crippen LogP contribution in [0.4, 0.5) is 23.2 Å². The van der Waals surface area contributed by atoms with Crippen LogP contribution in [-0.2, 0) is 9.53 Å². The average Bonchev–Trinajstić information content (AvgIpc) is 2.67. The highest BCUT2D eigenvalue weighted by molar-refractivity contribution is 9.10. The van der Waals surface area contributed by atoms with Gasteiger partial charge in [0.2, 0.25) is 11.5 Å². The quantitative estimate of drug-likeness (QED) is 0.0948. The van der Waals surface area contributed by atoms with Crippen molar-refractivity contribution in [2.24, 2.45) is 5.10 Å². The Morgan fingerprint density at radius 1 is 1.19 bits per heavy atom. The molecule has 0 aliphatic carbocycles. The van der Waals surface area contributed by atoms with Crippen LogP contribution in [0.1, 0.15) is 17.3 Å². The summed E-state index contributed by atoms with van der Waals surface area (Å²) in [7, 11) is 0. The van der Waals surface area contributed by atoms with Crippen LogP contribution in [0.15, 0.2) is 50.9 Å². The number of alkyl halides is 3. The summed E-state index contributed by atoms with van der Waals surface area (Å²) in [4.78, 5) is 25.5. The third-order valence-corrected chi connectivity index (χ3v) is 4.75. The standard InChI is InChI=1S/C19H15BrF4N2O4S/c1-3-29-18(28)16(17(27)15-13(21)8-10(20)9-14(15)31-2)26-25-11-4-6-12(7-5-11)30-19(22,23)24/h4-9,25H,3H2,1-2H3/b26-16+. The molecule has 166 valence electrons. The number of carbonyl (C=O) groups is 2. The molecule has 0 aliphatic heterocycles. The molecule has 2 aromatic rings. The molecule has 2 aromatic carbocycles. The first kappa shape index (κ1) is 24.7. The Labute approximate surface area is 187 Å². The fraction of sp³-hybridized carbons (Fsp3) is 0.211. The number of nitrogens with one attached hydrogen (secondary N) is 1. The van der Waals surface area contributed by atoms with Crippen LogP contribution in [0.25, 0.3) is 0 Å². The van der Waals surface area contributed by atoms with Gasteiger partial charge >= 0.3 is 12.3 Å². The fourth-order valence-corrected chi connectivity index (χ4v) is 3.51. The number of nitrogens with zero attached hydrogens (tertiary/aromatic N) is 1. The van der Waals surface area contributed by atoms with Gasteiger partial charge in [-0.1, -0.05) is 15.9 Å². The van der Waals surface area contributed by atoms with Gasteiger partial charge in [0.15, 0.2) is 0 Å². The van der Waals surface area contributed by atoms with E-state index in [1.54, 1.807) is 6.26 Å². The average molecular weight is 523 g/mol. The van der Waals surface area contributed by atoms with Crippen LogP contribution >= 0.6 is 27.7 Å². The zero-order valence-corrected chi connectivity index (χ0v) is 18.5. The second-order valence-electron chi connectivity index (χ2n) is 5.66. The van der Waals surface area contributed by atoms with Crippen molar-refractivity contribution in [3.63, 3.8) is 0 Å². The van der Waals surface area contributed by atoms with Crippen LogP contribution in [0, 0.1) is 5.82 Å². The van der Waals surface area contributed by atoms with Crippen LogP contribution in [-0.4, -0.2) is 36.7 Å². The Hall–Kier alpha value is -2.60. The van der Waals surface area contributed by atoms with E-state index in [9.17, 15) is 27.2 Å². The lowest BCUT2D eigenvalue weighted by Crippen LogP contribution is -2.29. The van der Waals surface area contributed by atoms with Gasteiger partial charge in [0, 0.05) is 9.37 Å². The largest absolute Gasteiger partial charge is 0.573 e. The number of carbonyl (C=O) groups excluding carboxylic acids is 2.